The molecule has 0 saturated heterocycles. The van der Waals surface area contributed by atoms with Crippen LogP contribution in [0.4, 0.5) is 0 Å². The van der Waals surface area contributed by atoms with E-state index in [-0.39, 0.29) is 5.91 Å². The number of ether oxygens (including phenoxy) is 1. The Labute approximate surface area is 153 Å². The number of carbonyl (C=O) groups is 1. The van der Waals surface area contributed by atoms with Crippen LogP contribution in [0.25, 0.3) is 0 Å². The number of hydrogen-bond donors (Lipinski definition) is 1. The zero-order chi connectivity index (χ0) is 18.1. The van der Waals surface area contributed by atoms with Gasteiger partial charge >= 0.3 is 0 Å². The summed E-state index contributed by atoms with van der Waals surface area (Å²) < 4.78 is 5.63. The van der Waals surface area contributed by atoms with Crippen LogP contribution in [0.3, 0.4) is 0 Å². The molecule has 0 fully saturated rings. The minimum Gasteiger partial charge on any atom is -0.481 e. The van der Waals surface area contributed by atoms with Gasteiger partial charge in [-0.1, -0.05) is 35.9 Å². The third-order valence-electron chi connectivity index (χ3n) is 3.64. The average molecular weight is 354 g/mol. The van der Waals surface area contributed by atoms with E-state index in [0.717, 1.165) is 22.6 Å². The standard InChI is InChI=1S/C20H22N2O2S/c1-15-7-9-19(10-8-15)24-16(2)20(23)22-11-12-25-14-18-6-4-3-5-17(18)13-21/h3-10,16H,11-12,14H2,1-2H3,(H,22,23). The van der Waals surface area contributed by atoms with E-state index in [1.165, 1.54) is 0 Å². The van der Waals surface area contributed by atoms with E-state index in [4.69, 9.17) is 10.00 Å². The summed E-state index contributed by atoms with van der Waals surface area (Å²) in [7, 11) is 0. The highest BCUT2D eigenvalue weighted by atomic mass is 32.2. The Balaban J connectivity index is 1.68. The van der Waals surface area contributed by atoms with Gasteiger partial charge in [0.25, 0.3) is 5.91 Å². The second kappa shape index (κ2) is 9.75. The van der Waals surface area contributed by atoms with Crippen LogP contribution >= 0.6 is 11.8 Å². The second-order valence-electron chi connectivity index (χ2n) is 5.69. The molecule has 1 unspecified atom stereocenters. The van der Waals surface area contributed by atoms with Crippen molar-refractivity contribution in [2.45, 2.75) is 25.7 Å². The van der Waals surface area contributed by atoms with E-state index < -0.39 is 6.10 Å². The van der Waals surface area contributed by atoms with Crippen LogP contribution in [-0.2, 0) is 10.5 Å². The lowest BCUT2D eigenvalue weighted by atomic mass is 10.1. The Bertz CT molecular complexity index is 738. The molecule has 0 bridgehead atoms. The van der Waals surface area contributed by atoms with Crippen molar-refractivity contribution >= 4 is 17.7 Å². The number of thioether (sulfide) groups is 1. The van der Waals surface area contributed by atoms with E-state index in [2.05, 4.69) is 11.4 Å². The number of nitrogens with zero attached hydrogens (tertiary/aromatic N) is 1. The summed E-state index contributed by atoms with van der Waals surface area (Å²) in [6, 6.07) is 17.4. The van der Waals surface area contributed by atoms with E-state index >= 15 is 0 Å². The molecule has 5 heteroatoms. The first-order chi connectivity index (χ1) is 12.1. The number of rotatable bonds is 8. The molecule has 1 amide bonds. The highest BCUT2D eigenvalue weighted by Gasteiger charge is 2.13. The third-order valence-corrected chi connectivity index (χ3v) is 4.65. The molecule has 25 heavy (non-hydrogen) atoms. The fourth-order valence-electron chi connectivity index (χ4n) is 2.20. The number of nitrogens with one attached hydrogen (secondary N) is 1. The van der Waals surface area contributed by atoms with Crippen LogP contribution in [0.15, 0.2) is 48.5 Å². The van der Waals surface area contributed by atoms with Gasteiger partial charge in [-0.05, 0) is 37.6 Å². The summed E-state index contributed by atoms with van der Waals surface area (Å²) in [4.78, 5) is 12.1. The van der Waals surface area contributed by atoms with E-state index in [0.29, 0.717) is 17.9 Å². The molecule has 130 valence electrons. The minimum absolute atomic E-state index is 0.126. The molecule has 0 heterocycles. The maximum atomic E-state index is 12.1. The molecule has 2 rings (SSSR count). The Morgan fingerprint density at radius 2 is 1.96 bits per heavy atom. The minimum atomic E-state index is -0.535. The maximum absolute atomic E-state index is 12.1. The normalized spacial score (nSPS) is 11.4. The zero-order valence-electron chi connectivity index (χ0n) is 14.5. The number of aryl methyl sites for hydroxylation is 1. The number of hydrogen-bond acceptors (Lipinski definition) is 4. The van der Waals surface area contributed by atoms with Crippen LogP contribution < -0.4 is 10.1 Å². The monoisotopic (exact) mass is 354 g/mol. The highest BCUT2D eigenvalue weighted by Crippen LogP contribution is 2.16. The van der Waals surface area contributed by atoms with Crippen LogP contribution in [0.1, 0.15) is 23.6 Å². The van der Waals surface area contributed by atoms with Gasteiger partial charge in [-0.3, -0.25) is 4.79 Å². The van der Waals surface area contributed by atoms with Crippen LogP contribution in [0, 0.1) is 18.3 Å². The van der Waals surface area contributed by atoms with E-state index in [1.54, 1.807) is 18.7 Å². The Morgan fingerprint density at radius 1 is 1.24 bits per heavy atom. The Hall–Kier alpha value is -2.45. The van der Waals surface area contributed by atoms with Crippen molar-refractivity contribution in [3.05, 3.63) is 65.2 Å². The van der Waals surface area contributed by atoms with Crippen LogP contribution in [0.2, 0.25) is 0 Å². The predicted octanol–water partition coefficient (Wildman–Crippen LogP) is 3.68. The molecule has 0 spiro atoms. The lowest BCUT2D eigenvalue weighted by Gasteiger charge is -2.14. The van der Waals surface area contributed by atoms with Crippen LogP contribution in [-0.4, -0.2) is 24.3 Å². The van der Waals surface area contributed by atoms with Gasteiger partial charge in [0.2, 0.25) is 0 Å². The van der Waals surface area contributed by atoms with E-state index in [9.17, 15) is 4.79 Å². The first-order valence-electron chi connectivity index (χ1n) is 8.17. The number of amides is 1. The summed E-state index contributed by atoms with van der Waals surface area (Å²) in [5.74, 6) is 2.10. The van der Waals surface area contributed by atoms with Gasteiger partial charge in [-0.15, -0.1) is 0 Å². The lowest BCUT2D eigenvalue weighted by Crippen LogP contribution is -2.37. The van der Waals surface area contributed by atoms with Crippen molar-refractivity contribution < 1.29 is 9.53 Å². The molecular formula is C20H22N2O2S. The fraction of sp³-hybridized carbons (Fsp3) is 0.300. The maximum Gasteiger partial charge on any atom is 0.260 e. The van der Waals surface area contributed by atoms with Crippen LogP contribution in [0.5, 0.6) is 5.75 Å². The van der Waals surface area contributed by atoms with Gasteiger partial charge < -0.3 is 10.1 Å². The summed E-state index contributed by atoms with van der Waals surface area (Å²) >= 11 is 1.69. The quantitative estimate of drug-likeness (QED) is 0.735. The summed E-state index contributed by atoms with van der Waals surface area (Å²) in [5.41, 5.74) is 2.89. The molecule has 0 aliphatic carbocycles. The molecule has 0 radical (unpaired) electrons. The van der Waals surface area contributed by atoms with Gasteiger partial charge in [0.1, 0.15) is 5.75 Å². The summed E-state index contributed by atoms with van der Waals surface area (Å²) in [6.07, 6.45) is -0.535. The topological polar surface area (TPSA) is 62.1 Å². The van der Waals surface area contributed by atoms with Crippen molar-refractivity contribution in [3.63, 3.8) is 0 Å². The van der Waals surface area contributed by atoms with Gasteiger partial charge in [-0.25, -0.2) is 0 Å². The zero-order valence-corrected chi connectivity index (χ0v) is 15.3. The molecular weight excluding hydrogens is 332 g/mol. The molecule has 4 nitrogen and oxygen atoms in total. The fourth-order valence-corrected chi connectivity index (χ4v) is 3.06. The Morgan fingerprint density at radius 3 is 2.68 bits per heavy atom. The summed E-state index contributed by atoms with van der Waals surface area (Å²) in [5, 5.41) is 11.9. The van der Waals surface area contributed by atoms with Crippen molar-refractivity contribution in [1.29, 1.82) is 5.26 Å². The molecule has 0 saturated carbocycles. The van der Waals surface area contributed by atoms with E-state index in [1.807, 2.05) is 55.5 Å². The first kappa shape index (κ1) is 18.9. The molecule has 2 aromatic rings. The molecule has 0 aliphatic rings. The Kier molecular flexibility index (Phi) is 7.36. The smallest absolute Gasteiger partial charge is 0.260 e. The largest absolute Gasteiger partial charge is 0.481 e. The molecule has 0 aliphatic heterocycles. The SMILES string of the molecule is Cc1ccc(OC(C)C(=O)NCCSCc2ccccc2C#N)cc1. The number of benzene rings is 2. The highest BCUT2D eigenvalue weighted by molar-refractivity contribution is 7.98. The summed E-state index contributed by atoms with van der Waals surface area (Å²) in [6.45, 7) is 4.32. The first-order valence-corrected chi connectivity index (χ1v) is 9.32. The average Bonchev–Trinajstić information content (AvgIpc) is 2.63. The molecule has 1 N–H and O–H groups in total. The number of carbonyl (C=O) groups excluding carboxylic acids is 1. The second-order valence-corrected chi connectivity index (χ2v) is 6.79. The predicted molar refractivity (Wildman–Crippen MR) is 102 cm³/mol. The molecule has 2 aromatic carbocycles. The van der Waals surface area contributed by atoms with Gasteiger partial charge in [0.05, 0.1) is 11.6 Å². The van der Waals surface area contributed by atoms with Crippen molar-refractivity contribution in [2.24, 2.45) is 0 Å². The van der Waals surface area contributed by atoms with Crippen molar-refractivity contribution in [2.75, 3.05) is 12.3 Å². The van der Waals surface area contributed by atoms with Gasteiger partial charge in [0.15, 0.2) is 6.10 Å². The lowest BCUT2D eigenvalue weighted by molar-refractivity contribution is -0.127. The van der Waals surface area contributed by atoms with Gasteiger partial charge in [0, 0.05) is 18.1 Å². The number of nitriles is 1. The van der Waals surface area contributed by atoms with Gasteiger partial charge in [-0.2, -0.15) is 17.0 Å². The van der Waals surface area contributed by atoms with Crippen molar-refractivity contribution in [3.8, 4) is 11.8 Å². The third kappa shape index (κ3) is 6.17. The van der Waals surface area contributed by atoms with Crippen molar-refractivity contribution in [1.82, 2.24) is 5.32 Å². The molecule has 0 aromatic heterocycles. The molecule has 1 atom stereocenters.